The maximum absolute atomic E-state index is 12.1. The molecule has 0 fully saturated rings. The molecule has 0 saturated heterocycles. The van der Waals surface area contributed by atoms with Gasteiger partial charge in [0.05, 0.1) is 0 Å². The van der Waals surface area contributed by atoms with Gasteiger partial charge in [-0.25, -0.2) is 4.68 Å². The van der Waals surface area contributed by atoms with Gasteiger partial charge in [0.25, 0.3) is 0 Å². The molecule has 0 N–H and O–H groups in total. The minimum atomic E-state index is -0.0480. The fourth-order valence-corrected chi connectivity index (χ4v) is 2.63. The number of carbonyl (C=O) groups is 1. The molecular weight excluding hydrogens is 278 g/mol. The number of nitrogens with zero attached hydrogens (tertiary/aromatic N) is 3. The average Bonchev–Trinajstić information content (AvgIpc) is 2.73. The van der Waals surface area contributed by atoms with Gasteiger partial charge in [0, 0.05) is 18.0 Å². The SMILES string of the molecule is Cc1cscc1C(=O)c1c(Br)nnn1C. The van der Waals surface area contributed by atoms with Crippen molar-refractivity contribution in [2.45, 2.75) is 6.92 Å². The van der Waals surface area contributed by atoms with Gasteiger partial charge < -0.3 is 0 Å². The largest absolute Gasteiger partial charge is 0.287 e. The zero-order chi connectivity index (χ0) is 11.0. The molecule has 15 heavy (non-hydrogen) atoms. The van der Waals surface area contributed by atoms with Crippen molar-refractivity contribution >= 4 is 33.0 Å². The van der Waals surface area contributed by atoms with E-state index in [1.54, 1.807) is 7.05 Å². The molecule has 6 heteroatoms. The minimum absolute atomic E-state index is 0.0480. The highest BCUT2D eigenvalue weighted by molar-refractivity contribution is 9.10. The predicted molar refractivity (Wildman–Crippen MR) is 61.2 cm³/mol. The zero-order valence-electron chi connectivity index (χ0n) is 8.19. The van der Waals surface area contributed by atoms with E-state index in [0.29, 0.717) is 15.9 Å². The van der Waals surface area contributed by atoms with E-state index >= 15 is 0 Å². The Morgan fingerprint density at radius 3 is 2.73 bits per heavy atom. The summed E-state index contributed by atoms with van der Waals surface area (Å²) in [7, 11) is 1.70. The number of ketones is 1. The second-order valence-electron chi connectivity index (χ2n) is 3.15. The monoisotopic (exact) mass is 285 g/mol. The lowest BCUT2D eigenvalue weighted by molar-refractivity contribution is 0.102. The van der Waals surface area contributed by atoms with Crippen molar-refractivity contribution in [3.05, 3.63) is 32.2 Å². The van der Waals surface area contributed by atoms with E-state index < -0.39 is 0 Å². The van der Waals surface area contributed by atoms with Gasteiger partial charge in [-0.3, -0.25) is 4.79 Å². The Labute approximate surface area is 99.0 Å². The van der Waals surface area contributed by atoms with Gasteiger partial charge in [-0.05, 0) is 33.8 Å². The Bertz CT molecular complexity index is 498. The fourth-order valence-electron chi connectivity index (χ4n) is 1.29. The number of rotatable bonds is 2. The predicted octanol–water partition coefficient (Wildman–Crippen LogP) is 2.18. The van der Waals surface area contributed by atoms with Gasteiger partial charge in [-0.15, -0.1) is 5.10 Å². The van der Waals surface area contributed by atoms with E-state index in [0.717, 1.165) is 5.56 Å². The van der Waals surface area contributed by atoms with Crippen LogP contribution in [0.25, 0.3) is 0 Å². The van der Waals surface area contributed by atoms with Crippen LogP contribution >= 0.6 is 27.3 Å². The molecular formula is C9H8BrN3OS. The van der Waals surface area contributed by atoms with Gasteiger partial charge in [0.2, 0.25) is 5.78 Å². The lowest BCUT2D eigenvalue weighted by atomic mass is 10.1. The second kappa shape index (κ2) is 3.86. The summed E-state index contributed by atoms with van der Waals surface area (Å²) in [6.07, 6.45) is 0. The lowest BCUT2D eigenvalue weighted by Gasteiger charge is -1.99. The van der Waals surface area contributed by atoms with E-state index in [4.69, 9.17) is 0 Å². The van der Waals surface area contributed by atoms with E-state index in [1.807, 2.05) is 17.7 Å². The van der Waals surface area contributed by atoms with Crippen molar-refractivity contribution in [1.82, 2.24) is 15.0 Å². The Balaban J connectivity index is 2.50. The van der Waals surface area contributed by atoms with Crippen LogP contribution in [0.15, 0.2) is 15.4 Å². The van der Waals surface area contributed by atoms with Crippen LogP contribution in [0.5, 0.6) is 0 Å². The maximum atomic E-state index is 12.1. The first-order chi connectivity index (χ1) is 7.11. The number of hydrogen-bond acceptors (Lipinski definition) is 4. The molecule has 0 aliphatic carbocycles. The Hall–Kier alpha value is -1.01. The zero-order valence-corrected chi connectivity index (χ0v) is 10.6. The van der Waals surface area contributed by atoms with Crippen molar-refractivity contribution in [2.75, 3.05) is 0 Å². The van der Waals surface area contributed by atoms with Crippen LogP contribution in [-0.4, -0.2) is 20.8 Å². The third kappa shape index (κ3) is 1.74. The maximum Gasteiger partial charge on any atom is 0.214 e. The first-order valence-corrected chi connectivity index (χ1v) is 5.97. The number of halogens is 1. The summed E-state index contributed by atoms with van der Waals surface area (Å²) in [5, 5.41) is 11.4. The van der Waals surface area contributed by atoms with Crippen LogP contribution in [0.2, 0.25) is 0 Å². The molecule has 2 aromatic heterocycles. The van der Waals surface area contributed by atoms with Crippen molar-refractivity contribution in [2.24, 2.45) is 7.05 Å². The van der Waals surface area contributed by atoms with Gasteiger partial charge in [0.1, 0.15) is 5.69 Å². The second-order valence-corrected chi connectivity index (χ2v) is 4.64. The number of aromatic nitrogens is 3. The van der Waals surface area contributed by atoms with Gasteiger partial charge in [0.15, 0.2) is 4.60 Å². The lowest BCUT2D eigenvalue weighted by Crippen LogP contribution is -2.09. The molecule has 0 bridgehead atoms. The molecule has 0 radical (unpaired) electrons. The van der Waals surface area contributed by atoms with Crippen LogP contribution < -0.4 is 0 Å². The molecule has 78 valence electrons. The highest BCUT2D eigenvalue weighted by Crippen LogP contribution is 2.21. The fraction of sp³-hybridized carbons (Fsp3) is 0.222. The summed E-state index contributed by atoms with van der Waals surface area (Å²) < 4.78 is 1.96. The molecule has 2 heterocycles. The first-order valence-electron chi connectivity index (χ1n) is 4.24. The van der Waals surface area contributed by atoms with E-state index in [-0.39, 0.29) is 5.78 Å². The molecule has 0 aromatic carbocycles. The minimum Gasteiger partial charge on any atom is -0.287 e. The molecule has 0 atom stereocenters. The van der Waals surface area contributed by atoms with E-state index in [2.05, 4.69) is 26.2 Å². The highest BCUT2D eigenvalue weighted by atomic mass is 79.9. The first kappa shape index (κ1) is 10.5. The summed E-state index contributed by atoms with van der Waals surface area (Å²) in [4.78, 5) is 12.1. The number of carbonyl (C=O) groups excluding carboxylic acids is 1. The average molecular weight is 286 g/mol. The number of thiophene rings is 1. The van der Waals surface area contributed by atoms with Gasteiger partial charge >= 0.3 is 0 Å². The quantitative estimate of drug-likeness (QED) is 0.795. The standard InChI is InChI=1S/C9H8BrN3OS/c1-5-3-15-4-6(5)8(14)7-9(10)11-12-13(7)2/h3-4H,1-2H3. The summed E-state index contributed by atoms with van der Waals surface area (Å²) >= 11 is 4.73. The molecule has 0 amide bonds. The summed E-state index contributed by atoms with van der Waals surface area (Å²) in [5.74, 6) is -0.0480. The third-order valence-corrected chi connectivity index (χ3v) is 3.50. The topological polar surface area (TPSA) is 47.8 Å². The molecule has 0 aliphatic rings. The highest BCUT2D eigenvalue weighted by Gasteiger charge is 2.20. The van der Waals surface area contributed by atoms with Gasteiger partial charge in [-0.1, -0.05) is 5.21 Å². The number of hydrogen-bond donors (Lipinski definition) is 0. The van der Waals surface area contributed by atoms with Crippen molar-refractivity contribution in [3.8, 4) is 0 Å². The van der Waals surface area contributed by atoms with Crippen molar-refractivity contribution in [3.63, 3.8) is 0 Å². The smallest absolute Gasteiger partial charge is 0.214 e. The Kier molecular flexibility index (Phi) is 2.70. The van der Waals surface area contributed by atoms with E-state index in [9.17, 15) is 4.79 Å². The summed E-state index contributed by atoms with van der Waals surface area (Å²) in [6, 6.07) is 0. The molecule has 2 rings (SSSR count). The molecule has 2 aromatic rings. The Morgan fingerprint density at radius 2 is 2.27 bits per heavy atom. The molecule has 0 saturated carbocycles. The molecule has 0 aliphatic heterocycles. The molecule has 0 unspecified atom stereocenters. The van der Waals surface area contributed by atoms with Crippen LogP contribution in [-0.2, 0) is 7.05 Å². The van der Waals surface area contributed by atoms with Crippen molar-refractivity contribution < 1.29 is 4.79 Å². The number of aryl methyl sites for hydroxylation is 2. The normalized spacial score (nSPS) is 10.6. The molecule has 4 nitrogen and oxygen atoms in total. The van der Waals surface area contributed by atoms with Crippen molar-refractivity contribution in [1.29, 1.82) is 0 Å². The van der Waals surface area contributed by atoms with Crippen LogP contribution in [0.1, 0.15) is 21.6 Å². The van der Waals surface area contributed by atoms with Crippen LogP contribution in [0, 0.1) is 6.92 Å². The Morgan fingerprint density at radius 1 is 1.53 bits per heavy atom. The van der Waals surface area contributed by atoms with Gasteiger partial charge in [-0.2, -0.15) is 11.3 Å². The third-order valence-electron chi connectivity index (χ3n) is 2.10. The summed E-state index contributed by atoms with van der Waals surface area (Å²) in [6.45, 7) is 1.92. The van der Waals surface area contributed by atoms with Crippen LogP contribution in [0.3, 0.4) is 0 Å². The molecule has 0 spiro atoms. The summed E-state index contributed by atoms with van der Waals surface area (Å²) in [5.41, 5.74) is 2.18. The van der Waals surface area contributed by atoms with E-state index in [1.165, 1.54) is 16.0 Å². The van der Waals surface area contributed by atoms with Crippen LogP contribution in [0.4, 0.5) is 0 Å².